The van der Waals surface area contributed by atoms with Crippen molar-refractivity contribution in [3.8, 4) is 0 Å². The van der Waals surface area contributed by atoms with Gasteiger partial charge >= 0.3 is 5.63 Å². The average molecular weight is 337 g/mol. The quantitative estimate of drug-likeness (QED) is 0.395. The maximum Gasteiger partial charge on any atom is 0.336 e. The second kappa shape index (κ2) is 5.83. The minimum absolute atomic E-state index is 0.329. The monoisotopic (exact) mass is 337 g/mol. The van der Waals surface area contributed by atoms with Gasteiger partial charge in [-0.3, -0.25) is 0 Å². The third-order valence-corrected chi connectivity index (χ3v) is 5.02. The molecule has 120 valence electrons. The molecule has 0 aliphatic carbocycles. The van der Waals surface area contributed by atoms with E-state index >= 15 is 0 Å². The number of aryl methyl sites for hydroxylation is 2. The van der Waals surface area contributed by atoms with Crippen LogP contribution in [-0.4, -0.2) is 4.98 Å². The van der Waals surface area contributed by atoms with Crippen molar-refractivity contribution in [1.29, 1.82) is 0 Å². The molecule has 0 amide bonds. The zero-order valence-electron chi connectivity index (χ0n) is 13.3. The van der Waals surface area contributed by atoms with Crippen LogP contribution in [0.3, 0.4) is 0 Å². The van der Waals surface area contributed by atoms with E-state index < -0.39 is 0 Å². The predicted octanol–water partition coefficient (Wildman–Crippen LogP) is 4.84. The topological polar surface area (TPSA) is 56.2 Å². The minimum atomic E-state index is -0.329. The second-order valence-corrected chi connectivity index (χ2v) is 6.64. The third kappa shape index (κ3) is 2.61. The Morgan fingerprint density at radius 3 is 2.75 bits per heavy atom. The van der Waals surface area contributed by atoms with Gasteiger partial charge in [0.15, 0.2) is 5.58 Å². The highest BCUT2D eigenvalue weighted by atomic mass is 32.2. The molecule has 4 rings (SSSR count). The molecule has 2 aromatic heterocycles. The predicted molar refractivity (Wildman–Crippen MR) is 95.5 cm³/mol. The maximum atomic E-state index is 11.9. The van der Waals surface area contributed by atoms with E-state index in [-0.39, 0.29) is 5.63 Å². The first-order valence-corrected chi connectivity index (χ1v) is 8.62. The molecule has 0 unspecified atom stereocenters. The van der Waals surface area contributed by atoms with Crippen molar-refractivity contribution >= 4 is 33.8 Å². The van der Waals surface area contributed by atoms with Gasteiger partial charge < -0.3 is 8.83 Å². The number of rotatable bonds is 3. The van der Waals surface area contributed by atoms with Gasteiger partial charge in [0.2, 0.25) is 0 Å². The van der Waals surface area contributed by atoms with Crippen LogP contribution in [0.2, 0.25) is 0 Å². The van der Waals surface area contributed by atoms with E-state index in [0.29, 0.717) is 16.6 Å². The molecule has 2 aromatic carbocycles. The number of aromatic nitrogens is 1. The van der Waals surface area contributed by atoms with Gasteiger partial charge in [-0.2, -0.15) is 0 Å². The van der Waals surface area contributed by atoms with Crippen LogP contribution in [-0.2, 0) is 5.75 Å². The summed E-state index contributed by atoms with van der Waals surface area (Å²) >= 11 is 1.47. The average Bonchev–Trinajstić information content (AvgIpc) is 2.99. The number of hydrogen-bond donors (Lipinski definition) is 0. The Morgan fingerprint density at radius 1 is 1.08 bits per heavy atom. The van der Waals surface area contributed by atoms with Crippen molar-refractivity contribution in [3.63, 3.8) is 0 Å². The van der Waals surface area contributed by atoms with E-state index in [1.807, 2.05) is 50.2 Å². The SMILES string of the molecule is Cc1ccc2c(CSc3nc4ccccc4o3)cc(=O)oc2c1C. The fraction of sp³-hybridized carbons (Fsp3) is 0.158. The maximum absolute atomic E-state index is 11.9. The van der Waals surface area contributed by atoms with Crippen LogP contribution in [0, 0.1) is 13.8 Å². The fourth-order valence-electron chi connectivity index (χ4n) is 2.70. The molecule has 0 aliphatic heterocycles. The summed E-state index contributed by atoms with van der Waals surface area (Å²) in [6.07, 6.45) is 0. The van der Waals surface area contributed by atoms with E-state index in [1.54, 1.807) is 6.07 Å². The molecule has 0 aliphatic rings. The number of nitrogens with zero attached hydrogens (tertiary/aromatic N) is 1. The number of oxazole rings is 1. The molecule has 4 aromatic rings. The fourth-order valence-corrected chi connectivity index (χ4v) is 3.53. The van der Waals surface area contributed by atoms with E-state index in [1.165, 1.54) is 11.8 Å². The lowest BCUT2D eigenvalue weighted by Gasteiger charge is -2.08. The van der Waals surface area contributed by atoms with Crippen LogP contribution < -0.4 is 5.63 Å². The third-order valence-electron chi connectivity index (χ3n) is 4.14. The van der Waals surface area contributed by atoms with Crippen molar-refractivity contribution in [2.75, 3.05) is 0 Å². The first-order valence-electron chi connectivity index (χ1n) is 7.63. The Kier molecular flexibility index (Phi) is 3.65. The molecule has 0 N–H and O–H groups in total. The van der Waals surface area contributed by atoms with Crippen LogP contribution in [0.1, 0.15) is 16.7 Å². The Morgan fingerprint density at radius 2 is 1.92 bits per heavy atom. The number of benzene rings is 2. The minimum Gasteiger partial charge on any atom is -0.431 e. The first kappa shape index (κ1) is 15.0. The zero-order valence-corrected chi connectivity index (χ0v) is 14.1. The molecular formula is C19H15NO3S. The summed E-state index contributed by atoms with van der Waals surface area (Å²) in [6, 6.07) is 13.3. The molecule has 24 heavy (non-hydrogen) atoms. The summed E-state index contributed by atoms with van der Waals surface area (Å²) in [5.74, 6) is 0.595. The van der Waals surface area contributed by atoms with Crippen LogP contribution >= 0.6 is 11.8 Å². The van der Waals surface area contributed by atoms with E-state index in [9.17, 15) is 4.79 Å². The lowest BCUT2D eigenvalue weighted by molar-refractivity contribution is 0.489. The number of hydrogen-bond acceptors (Lipinski definition) is 5. The van der Waals surface area contributed by atoms with Gasteiger partial charge in [-0.25, -0.2) is 9.78 Å². The molecule has 0 radical (unpaired) electrons. The van der Waals surface area contributed by atoms with Gasteiger partial charge in [0.25, 0.3) is 5.22 Å². The molecule has 2 heterocycles. The highest BCUT2D eigenvalue weighted by Crippen LogP contribution is 2.30. The Bertz CT molecular complexity index is 1080. The molecule has 0 saturated heterocycles. The standard InChI is InChI=1S/C19H15NO3S/c1-11-7-8-14-13(9-17(21)23-18(14)12(11)2)10-24-19-20-15-5-3-4-6-16(15)22-19/h3-9H,10H2,1-2H3. The summed E-state index contributed by atoms with van der Waals surface area (Å²) < 4.78 is 11.1. The van der Waals surface area contributed by atoms with Crippen LogP contribution in [0.25, 0.3) is 22.1 Å². The highest BCUT2D eigenvalue weighted by Gasteiger charge is 2.12. The van der Waals surface area contributed by atoms with Crippen molar-refractivity contribution in [1.82, 2.24) is 4.98 Å². The summed E-state index contributed by atoms with van der Waals surface area (Å²) in [7, 11) is 0. The molecule has 0 fully saturated rings. The van der Waals surface area contributed by atoms with Crippen molar-refractivity contribution in [2.45, 2.75) is 24.8 Å². The molecule has 0 spiro atoms. The van der Waals surface area contributed by atoms with Crippen LogP contribution in [0.4, 0.5) is 0 Å². The molecular weight excluding hydrogens is 322 g/mol. The van der Waals surface area contributed by atoms with E-state index in [4.69, 9.17) is 8.83 Å². The van der Waals surface area contributed by atoms with E-state index in [2.05, 4.69) is 4.98 Å². The van der Waals surface area contributed by atoms with Crippen LogP contribution in [0.15, 0.2) is 61.3 Å². The lowest BCUT2D eigenvalue weighted by atomic mass is 10.0. The Labute approximate surface area is 142 Å². The van der Waals surface area contributed by atoms with E-state index in [0.717, 1.165) is 33.2 Å². The van der Waals surface area contributed by atoms with Crippen molar-refractivity contribution in [2.24, 2.45) is 0 Å². The molecule has 0 atom stereocenters. The van der Waals surface area contributed by atoms with Crippen molar-refractivity contribution in [3.05, 3.63) is 69.6 Å². The second-order valence-electron chi connectivity index (χ2n) is 5.71. The zero-order chi connectivity index (χ0) is 16.7. The molecule has 5 heteroatoms. The van der Waals surface area contributed by atoms with Gasteiger partial charge in [-0.1, -0.05) is 36.0 Å². The highest BCUT2D eigenvalue weighted by molar-refractivity contribution is 7.98. The van der Waals surface area contributed by atoms with Gasteiger partial charge in [0.05, 0.1) is 0 Å². The van der Waals surface area contributed by atoms with Crippen LogP contribution in [0.5, 0.6) is 0 Å². The van der Waals surface area contributed by atoms with Gasteiger partial charge in [0.1, 0.15) is 11.1 Å². The molecule has 4 nitrogen and oxygen atoms in total. The smallest absolute Gasteiger partial charge is 0.336 e. The number of fused-ring (bicyclic) bond motifs is 2. The number of para-hydroxylation sites is 2. The Hall–Kier alpha value is -2.53. The van der Waals surface area contributed by atoms with Crippen molar-refractivity contribution < 1.29 is 8.83 Å². The summed E-state index contributed by atoms with van der Waals surface area (Å²) in [5.41, 5.74) is 4.97. The lowest BCUT2D eigenvalue weighted by Crippen LogP contribution is -2.01. The van der Waals surface area contributed by atoms with Gasteiger partial charge in [-0.05, 0) is 42.7 Å². The van der Waals surface area contributed by atoms with Gasteiger partial charge in [0, 0.05) is 17.2 Å². The summed E-state index contributed by atoms with van der Waals surface area (Å²) in [6.45, 7) is 3.98. The first-order chi connectivity index (χ1) is 11.6. The normalized spacial score (nSPS) is 11.4. The summed E-state index contributed by atoms with van der Waals surface area (Å²) in [5, 5.41) is 1.56. The Balaban J connectivity index is 1.71. The number of thioether (sulfide) groups is 1. The largest absolute Gasteiger partial charge is 0.431 e. The van der Waals surface area contributed by atoms with Gasteiger partial charge in [-0.15, -0.1) is 0 Å². The summed E-state index contributed by atoms with van der Waals surface area (Å²) in [4.78, 5) is 16.4. The molecule has 0 bridgehead atoms. The molecule has 0 saturated carbocycles.